The Hall–Kier alpha value is -2.58. The fourth-order valence-corrected chi connectivity index (χ4v) is 3.59. The molecule has 2 aliphatic heterocycles. The lowest BCUT2D eigenvalue weighted by atomic mass is 9.90. The molecule has 2 N–H and O–H groups in total. The van der Waals surface area contributed by atoms with Gasteiger partial charge in [0.25, 0.3) is 0 Å². The summed E-state index contributed by atoms with van der Waals surface area (Å²) >= 11 is 0. The average molecular weight is 383 g/mol. The maximum Gasteiger partial charge on any atom is 0.387 e. The number of hydrogen-bond acceptors (Lipinski definition) is 4. The standard InChI is InChI=1S/C18H23F2N3O4/c1-18(15(24)25)7-9-23(11-18)17(26)21-12-6-8-22(10-12)13-4-2-3-5-14(13)27-16(19)20/h2-5,12,16H,6-11H2,1H3,(H,21,26)(H,24,25). The summed E-state index contributed by atoms with van der Waals surface area (Å²) in [4.78, 5) is 27.2. The van der Waals surface area contributed by atoms with E-state index in [1.165, 1.54) is 11.0 Å². The van der Waals surface area contributed by atoms with E-state index >= 15 is 0 Å². The second-order valence-corrected chi connectivity index (χ2v) is 7.26. The smallest absolute Gasteiger partial charge is 0.387 e. The first-order chi connectivity index (χ1) is 12.8. The second-order valence-electron chi connectivity index (χ2n) is 7.26. The number of amides is 2. The van der Waals surface area contributed by atoms with Crippen molar-refractivity contribution in [3.05, 3.63) is 24.3 Å². The molecule has 2 atom stereocenters. The number of anilines is 1. The van der Waals surface area contributed by atoms with Crippen LogP contribution in [0.25, 0.3) is 0 Å². The molecule has 2 fully saturated rings. The van der Waals surface area contributed by atoms with Gasteiger partial charge in [-0.25, -0.2) is 4.79 Å². The number of carbonyl (C=O) groups is 2. The highest BCUT2D eigenvalue weighted by atomic mass is 19.3. The van der Waals surface area contributed by atoms with E-state index in [1.807, 2.05) is 4.90 Å². The van der Waals surface area contributed by atoms with Gasteiger partial charge in [0.15, 0.2) is 0 Å². The van der Waals surface area contributed by atoms with Crippen molar-refractivity contribution < 1.29 is 28.2 Å². The van der Waals surface area contributed by atoms with E-state index in [2.05, 4.69) is 10.1 Å². The van der Waals surface area contributed by atoms with Crippen LogP contribution in [-0.4, -0.2) is 60.8 Å². The molecule has 2 unspecified atom stereocenters. The maximum atomic E-state index is 12.6. The molecule has 2 aliphatic rings. The topological polar surface area (TPSA) is 82.1 Å². The first-order valence-electron chi connectivity index (χ1n) is 8.86. The van der Waals surface area contributed by atoms with E-state index < -0.39 is 18.0 Å². The van der Waals surface area contributed by atoms with Gasteiger partial charge in [-0.2, -0.15) is 8.78 Å². The van der Waals surface area contributed by atoms with Gasteiger partial charge in [-0.15, -0.1) is 0 Å². The van der Waals surface area contributed by atoms with Crippen LogP contribution in [0.3, 0.4) is 0 Å². The van der Waals surface area contributed by atoms with Crippen LogP contribution in [0.4, 0.5) is 19.3 Å². The van der Waals surface area contributed by atoms with Crippen LogP contribution in [0.2, 0.25) is 0 Å². The summed E-state index contributed by atoms with van der Waals surface area (Å²) in [6.07, 6.45) is 1.09. The van der Waals surface area contributed by atoms with Crippen LogP contribution in [0, 0.1) is 5.41 Å². The lowest BCUT2D eigenvalue weighted by Crippen LogP contribution is -2.46. The summed E-state index contributed by atoms with van der Waals surface area (Å²) in [5, 5.41) is 12.2. The Morgan fingerprint density at radius 1 is 1.33 bits per heavy atom. The molecule has 9 heteroatoms. The predicted molar refractivity (Wildman–Crippen MR) is 94.2 cm³/mol. The summed E-state index contributed by atoms with van der Waals surface area (Å²) in [7, 11) is 0. The number of urea groups is 1. The Kier molecular flexibility index (Phi) is 5.38. The Morgan fingerprint density at radius 2 is 2.07 bits per heavy atom. The van der Waals surface area contributed by atoms with Gasteiger partial charge in [-0.05, 0) is 31.9 Å². The van der Waals surface area contributed by atoms with Gasteiger partial charge in [-0.1, -0.05) is 12.1 Å². The van der Waals surface area contributed by atoms with Gasteiger partial charge in [0.05, 0.1) is 11.1 Å². The molecule has 148 valence electrons. The van der Waals surface area contributed by atoms with Gasteiger partial charge in [0, 0.05) is 32.2 Å². The number of nitrogens with one attached hydrogen (secondary N) is 1. The normalized spacial score (nSPS) is 25.1. The molecule has 0 saturated carbocycles. The van der Waals surface area contributed by atoms with Crippen molar-refractivity contribution in [1.82, 2.24) is 10.2 Å². The van der Waals surface area contributed by atoms with Crippen LogP contribution in [0.1, 0.15) is 19.8 Å². The van der Waals surface area contributed by atoms with Crippen molar-refractivity contribution in [2.45, 2.75) is 32.4 Å². The van der Waals surface area contributed by atoms with Gasteiger partial charge >= 0.3 is 18.6 Å². The number of nitrogens with zero attached hydrogens (tertiary/aromatic N) is 2. The summed E-state index contributed by atoms with van der Waals surface area (Å²) in [6, 6.07) is 6.14. The number of benzene rings is 1. The van der Waals surface area contributed by atoms with Crippen LogP contribution >= 0.6 is 0 Å². The molecule has 2 saturated heterocycles. The third kappa shape index (κ3) is 4.23. The maximum absolute atomic E-state index is 12.6. The number of para-hydroxylation sites is 2. The number of aliphatic carboxylic acids is 1. The average Bonchev–Trinajstić information content (AvgIpc) is 3.22. The molecule has 1 aromatic carbocycles. The van der Waals surface area contributed by atoms with Crippen molar-refractivity contribution in [1.29, 1.82) is 0 Å². The Labute approximate surface area is 155 Å². The summed E-state index contributed by atoms with van der Waals surface area (Å²) in [5.41, 5.74) is -0.348. The number of alkyl halides is 2. The van der Waals surface area contributed by atoms with Crippen molar-refractivity contribution in [2.24, 2.45) is 5.41 Å². The van der Waals surface area contributed by atoms with Crippen molar-refractivity contribution >= 4 is 17.7 Å². The molecule has 0 radical (unpaired) electrons. The number of carboxylic acids is 1. The lowest BCUT2D eigenvalue weighted by Gasteiger charge is -2.24. The minimum atomic E-state index is -2.90. The molecule has 2 amide bonds. The van der Waals surface area contributed by atoms with Crippen molar-refractivity contribution in [3.63, 3.8) is 0 Å². The highest BCUT2D eigenvalue weighted by molar-refractivity contribution is 5.79. The van der Waals surface area contributed by atoms with E-state index in [-0.39, 0.29) is 24.4 Å². The monoisotopic (exact) mass is 383 g/mol. The van der Waals surface area contributed by atoms with Crippen LogP contribution in [-0.2, 0) is 4.79 Å². The van der Waals surface area contributed by atoms with E-state index in [9.17, 15) is 23.5 Å². The fourth-order valence-electron chi connectivity index (χ4n) is 3.59. The zero-order chi connectivity index (χ0) is 19.6. The minimum Gasteiger partial charge on any atom is -0.481 e. The quantitative estimate of drug-likeness (QED) is 0.816. The number of carboxylic acid groups (broad SMARTS) is 1. The third-order valence-corrected chi connectivity index (χ3v) is 5.21. The first-order valence-corrected chi connectivity index (χ1v) is 8.86. The van der Waals surface area contributed by atoms with Crippen molar-refractivity contribution in [2.75, 3.05) is 31.1 Å². The number of likely N-dealkylation sites (tertiary alicyclic amines) is 1. The number of halogens is 2. The van der Waals surface area contributed by atoms with Gasteiger partial charge < -0.3 is 25.0 Å². The zero-order valence-electron chi connectivity index (χ0n) is 15.0. The summed E-state index contributed by atoms with van der Waals surface area (Å²) in [5.74, 6) is -0.795. The Balaban J connectivity index is 1.58. The van der Waals surface area contributed by atoms with Gasteiger partial charge in [0.1, 0.15) is 5.75 Å². The lowest BCUT2D eigenvalue weighted by molar-refractivity contribution is -0.147. The molecule has 0 aromatic heterocycles. The number of rotatable bonds is 5. The Bertz CT molecular complexity index is 718. The summed E-state index contributed by atoms with van der Waals surface area (Å²) < 4.78 is 29.7. The van der Waals surface area contributed by atoms with E-state index in [0.717, 1.165) is 0 Å². The number of ether oxygens (including phenoxy) is 1. The molecule has 0 spiro atoms. The number of carbonyl (C=O) groups excluding carboxylic acids is 1. The Morgan fingerprint density at radius 3 is 2.74 bits per heavy atom. The zero-order valence-corrected chi connectivity index (χ0v) is 15.0. The fraction of sp³-hybridized carbons (Fsp3) is 0.556. The molecule has 0 bridgehead atoms. The SMILES string of the molecule is CC1(C(=O)O)CCN(C(=O)NC2CCN(c3ccccc3OC(F)F)C2)C1. The van der Waals surface area contributed by atoms with Crippen LogP contribution < -0.4 is 15.0 Å². The summed E-state index contributed by atoms with van der Waals surface area (Å²) in [6.45, 7) is 0.384. The highest BCUT2D eigenvalue weighted by Crippen LogP contribution is 2.32. The van der Waals surface area contributed by atoms with Crippen LogP contribution in [0.15, 0.2) is 24.3 Å². The van der Waals surface area contributed by atoms with E-state index in [4.69, 9.17) is 0 Å². The molecule has 2 heterocycles. The number of hydrogen-bond donors (Lipinski definition) is 2. The van der Waals surface area contributed by atoms with Crippen molar-refractivity contribution in [3.8, 4) is 5.75 Å². The van der Waals surface area contributed by atoms with Gasteiger partial charge in [0.2, 0.25) is 0 Å². The molecular weight excluding hydrogens is 360 g/mol. The molecule has 27 heavy (non-hydrogen) atoms. The minimum absolute atomic E-state index is 0.108. The largest absolute Gasteiger partial charge is 0.481 e. The van der Waals surface area contributed by atoms with Crippen LogP contribution in [0.5, 0.6) is 5.75 Å². The molecule has 1 aromatic rings. The van der Waals surface area contributed by atoms with E-state index in [1.54, 1.807) is 25.1 Å². The third-order valence-electron chi connectivity index (χ3n) is 5.21. The van der Waals surface area contributed by atoms with Gasteiger partial charge in [-0.3, -0.25) is 4.79 Å². The van der Waals surface area contributed by atoms with E-state index in [0.29, 0.717) is 38.2 Å². The molecular formula is C18H23F2N3O4. The second kappa shape index (κ2) is 7.58. The molecule has 7 nitrogen and oxygen atoms in total. The first kappa shape index (κ1) is 19.2. The predicted octanol–water partition coefficient (Wildman–Crippen LogP) is 2.37. The highest BCUT2D eigenvalue weighted by Gasteiger charge is 2.42. The molecule has 0 aliphatic carbocycles. The molecule has 3 rings (SSSR count).